The molecule has 0 saturated carbocycles. The molecule has 0 unspecified atom stereocenters. The van der Waals surface area contributed by atoms with Gasteiger partial charge in [-0.3, -0.25) is 0 Å². The minimum absolute atomic E-state index is 0.0339. The fourth-order valence-corrected chi connectivity index (χ4v) is 3.31. The molecule has 0 radical (unpaired) electrons. The van der Waals surface area contributed by atoms with Gasteiger partial charge in [0.1, 0.15) is 11.9 Å². The first-order valence-corrected chi connectivity index (χ1v) is 9.24. The molecule has 0 heterocycles. The zero-order valence-electron chi connectivity index (χ0n) is 17.1. The number of halogens is 5. The van der Waals surface area contributed by atoms with Crippen molar-refractivity contribution in [3.8, 4) is 29.3 Å². The Morgan fingerprint density at radius 1 is 0.771 bits per heavy atom. The molecule has 0 bridgehead atoms. The Labute approximate surface area is 194 Å². The monoisotopic (exact) mass is 471 g/mol. The van der Waals surface area contributed by atoms with E-state index in [2.05, 4.69) is 9.69 Å². The van der Waals surface area contributed by atoms with Gasteiger partial charge in [0, 0.05) is 10.8 Å². The minimum Gasteiger partial charge on any atom is -0.232 e. The second kappa shape index (κ2) is 9.55. The molecule has 3 aromatic carbocycles. The largest absolute Gasteiger partial charge is 0.268 e. The summed E-state index contributed by atoms with van der Waals surface area (Å²) in [5.74, 6) is -8.88. The van der Waals surface area contributed by atoms with Gasteiger partial charge >= 0.3 is 0 Å². The van der Waals surface area contributed by atoms with E-state index in [1.165, 1.54) is 6.07 Å². The summed E-state index contributed by atoms with van der Waals surface area (Å²) in [5.41, 5.74) is -4.89. The molecule has 10 heteroatoms. The average Bonchev–Trinajstić information content (AvgIpc) is 2.86. The normalized spacial score (nSPS) is 11.8. The van der Waals surface area contributed by atoms with Crippen LogP contribution in [0.15, 0.2) is 36.4 Å². The third-order valence-corrected chi connectivity index (χ3v) is 4.89. The van der Waals surface area contributed by atoms with E-state index in [9.17, 15) is 37.7 Å². The van der Waals surface area contributed by atoms with Gasteiger partial charge in [-0.25, -0.2) is 36.9 Å². The fraction of sp³-hybridized carbons (Fsp3) is 0. The maximum atomic E-state index is 14.8. The number of benzene rings is 3. The summed E-state index contributed by atoms with van der Waals surface area (Å²) in [6.45, 7) is 13.9. The molecule has 5 nitrogen and oxygen atoms in total. The Bertz CT molecular complexity index is 1710. The highest BCUT2D eigenvalue weighted by atomic mass is 19.2. The highest BCUT2D eigenvalue weighted by Gasteiger charge is 2.28. The zero-order valence-corrected chi connectivity index (χ0v) is 17.1. The quantitative estimate of drug-likeness (QED) is 0.308. The van der Waals surface area contributed by atoms with Gasteiger partial charge in [0.2, 0.25) is 0 Å². The van der Waals surface area contributed by atoms with Crippen LogP contribution in [0.1, 0.15) is 11.1 Å². The lowest BCUT2D eigenvalue weighted by atomic mass is 9.92. The predicted octanol–water partition coefficient (Wildman–Crippen LogP) is 4.75. The van der Waals surface area contributed by atoms with Gasteiger partial charge in [-0.1, -0.05) is 18.2 Å². The van der Waals surface area contributed by atoms with Gasteiger partial charge < -0.3 is 0 Å². The van der Waals surface area contributed by atoms with Crippen LogP contribution >= 0.6 is 0 Å². The molecule has 0 saturated heterocycles. The van der Waals surface area contributed by atoms with Crippen molar-refractivity contribution in [2.45, 2.75) is 0 Å². The van der Waals surface area contributed by atoms with E-state index in [-0.39, 0.29) is 27.1 Å². The summed E-state index contributed by atoms with van der Waals surface area (Å²) in [4.78, 5) is 5.47. The first-order valence-electron chi connectivity index (χ1n) is 9.24. The Hall–Kier alpha value is -5.50. The number of nitrogens with zero attached hydrogens (tertiary/aromatic N) is 5. The maximum Gasteiger partial charge on any atom is 0.268 e. The van der Waals surface area contributed by atoms with E-state index in [1.807, 2.05) is 0 Å². The Morgan fingerprint density at radius 2 is 1.43 bits per heavy atom. The first-order chi connectivity index (χ1) is 16.7. The van der Waals surface area contributed by atoms with Crippen LogP contribution < -0.4 is 10.4 Å². The van der Waals surface area contributed by atoms with Gasteiger partial charge in [0.25, 0.3) is 11.4 Å². The summed E-state index contributed by atoms with van der Waals surface area (Å²) in [6, 6.07) is 11.1. The lowest BCUT2D eigenvalue weighted by Crippen LogP contribution is -2.18. The summed E-state index contributed by atoms with van der Waals surface area (Å²) in [5, 5.41) is 28.0. The third-order valence-electron chi connectivity index (χ3n) is 4.89. The van der Waals surface area contributed by atoms with E-state index in [4.69, 9.17) is 13.1 Å². The van der Waals surface area contributed by atoms with E-state index in [1.54, 1.807) is 12.1 Å². The number of hydrogen-bond acceptors (Lipinski definition) is 3. The maximum absolute atomic E-state index is 14.8. The molecule has 0 aliphatic heterocycles. The van der Waals surface area contributed by atoms with Crippen molar-refractivity contribution in [3.05, 3.63) is 110 Å². The predicted molar refractivity (Wildman–Crippen MR) is 112 cm³/mol. The van der Waals surface area contributed by atoms with Crippen molar-refractivity contribution in [3.63, 3.8) is 0 Å². The zero-order chi connectivity index (χ0) is 25.9. The van der Waals surface area contributed by atoms with Crippen molar-refractivity contribution < 1.29 is 22.0 Å². The minimum atomic E-state index is -2.02. The fourth-order valence-electron chi connectivity index (χ4n) is 3.31. The molecule has 0 fully saturated rings. The second-order valence-electron chi connectivity index (χ2n) is 6.71. The number of hydrogen-bond donors (Lipinski definition) is 0. The van der Waals surface area contributed by atoms with E-state index >= 15 is 0 Å². The standard InChI is InChI=1S/C25H6F5N5/c1-34-19(11-33)12-4-6-15(17(7-12)16-8-14(26)5-3-13(16)9-31)18(10-32)20-21(27)23(29)25(35-2)24(30)22(20)28/h3-8H/b18-15+,19-12+. The molecule has 0 atom stereocenters. The first kappa shape index (κ1) is 24.1. The van der Waals surface area contributed by atoms with Crippen LogP contribution in [0.5, 0.6) is 0 Å². The van der Waals surface area contributed by atoms with Crippen LogP contribution in [0.3, 0.4) is 0 Å². The van der Waals surface area contributed by atoms with E-state index < -0.39 is 51.6 Å². The van der Waals surface area contributed by atoms with Gasteiger partial charge in [-0.05, 0) is 29.0 Å². The lowest BCUT2D eigenvalue weighted by Gasteiger charge is -2.11. The van der Waals surface area contributed by atoms with Crippen LogP contribution in [-0.2, 0) is 0 Å². The molecule has 3 aromatic rings. The van der Waals surface area contributed by atoms with Crippen LogP contribution in [-0.4, -0.2) is 0 Å². The molecule has 0 N–H and O–H groups in total. The van der Waals surface area contributed by atoms with Crippen LogP contribution in [0.2, 0.25) is 0 Å². The highest BCUT2D eigenvalue weighted by molar-refractivity contribution is 5.84. The van der Waals surface area contributed by atoms with Crippen molar-refractivity contribution in [2.75, 3.05) is 0 Å². The molecule has 0 aliphatic carbocycles. The Kier molecular flexibility index (Phi) is 6.59. The molecule has 3 rings (SSSR count). The summed E-state index contributed by atoms with van der Waals surface area (Å²) in [6.07, 6.45) is 0. The van der Waals surface area contributed by atoms with Gasteiger partial charge in [0.15, 0.2) is 23.3 Å². The van der Waals surface area contributed by atoms with Gasteiger partial charge in [0.05, 0.1) is 42.0 Å². The number of rotatable bonds is 2. The van der Waals surface area contributed by atoms with Crippen molar-refractivity contribution in [1.29, 1.82) is 15.8 Å². The Balaban J connectivity index is 2.68. The average molecular weight is 471 g/mol. The van der Waals surface area contributed by atoms with Gasteiger partial charge in [-0.15, -0.1) is 0 Å². The van der Waals surface area contributed by atoms with Crippen molar-refractivity contribution in [2.24, 2.45) is 0 Å². The van der Waals surface area contributed by atoms with Crippen molar-refractivity contribution >= 4 is 17.0 Å². The molecule has 0 spiro atoms. The molecule has 35 heavy (non-hydrogen) atoms. The third kappa shape index (κ3) is 4.03. The van der Waals surface area contributed by atoms with Crippen LogP contribution in [0.4, 0.5) is 27.6 Å². The molecule has 0 aromatic heterocycles. The smallest absolute Gasteiger partial charge is 0.232 e. The summed E-state index contributed by atoms with van der Waals surface area (Å²) in [7, 11) is 0. The molecule has 0 aliphatic rings. The van der Waals surface area contributed by atoms with Crippen LogP contribution in [0, 0.1) is 76.2 Å². The molecular weight excluding hydrogens is 465 g/mol. The van der Waals surface area contributed by atoms with Crippen LogP contribution in [0.25, 0.3) is 32.1 Å². The molecule has 166 valence electrons. The van der Waals surface area contributed by atoms with Gasteiger partial charge in [-0.2, -0.15) is 10.5 Å². The topological polar surface area (TPSA) is 80.1 Å². The van der Waals surface area contributed by atoms with E-state index in [0.717, 1.165) is 36.4 Å². The lowest BCUT2D eigenvalue weighted by molar-refractivity contribution is 0.457. The number of nitriles is 3. The SMILES string of the molecule is [C-]#[N+]/C(C#N)=c1\cc/c(=C(/C#N)c2c(F)c(F)c([N+]#[C-])c(F)c2F)c(-c2cc(F)ccc2C#N)c1. The second-order valence-corrected chi connectivity index (χ2v) is 6.71. The summed E-state index contributed by atoms with van der Waals surface area (Å²) >= 11 is 0. The molecule has 0 amide bonds. The van der Waals surface area contributed by atoms with E-state index in [0.29, 0.717) is 0 Å². The van der Waals surface area contributed by atoms with Crippen molar-refractivity contribution in [1.82, 2.24) is 0 Å². The Morgan fingerprint density at radius 3 is 1.94 bits per heavy atom. The highest BCUT2D eigenvalue weighted by Crippen LogP contribution is 2.33. The molecular formula is C25H6F5N5. The summed E-state index contributed by atoms with van der Waals surface area (Å²) < 4.78 is 72.2.